The summed E-state index contributed by atoms with van der Waals surface area (Å²) in [6.07, 6.45) is 4.46. The quantitative estimate of drug-likeness (QED) is 0.580. The molecule has 1 nitrogen and oxygen atoms in total. The van der Waals surface area contributed by atoms with E-state index in [1.165, 1.54) is 49.2 Å². The zero-order chi connectivity index (χ0) is 15.4. The van der Waals surface area contributed by atoms with Crippen molar-refractivity contribution >= 4 is 20.7 Å². The maximum Gasteiger partial charge on any atom is 0.176 e. The summed E-state index contributed by atoms with van der Waals surface area (Å²) in [5, 5.41) is 0. The average molecular weight is 309 g/mol. The molecule has 23 heavy (non-hydrogen) atoms. The van der Waals surface area contributed by atoms with Crippen molar-refractivity contribution in [3.05, 3.63) is 70.8 Å². The molecule has 2 aliphatic carbocycles. The van der Waals surface area contributed by atoms with Gasteiger partial charge in [-0.2, -0.15) is 0 Å². The second-order valence-corrected chi connectivity index (χ2v) is 7.07. The minimum absolute atomic E-state index is 1.10. The predicted molar refractivity (Wildman–Crippen MR) is 95.3 cm³/mol. The van der Waals surface area contributed by atoms with Gasteiger partial charge >= 0.3 is 0 Å². The van der Waals surface area contributed by atoms with Crippen molar-refractivity contribution in [2.45, 2.75) is 25.7 Å². The Bertz CT molecular complexity index is 869. The molecule has 1 aromatic heterocycles. The first kappa shape index (κ1) is 13.6. The van der Waals surface area contributed by atoms with E-state index in [0.29, 0.717) is 0 Å². The molecule has 2 radical (unpaired) electrons. The monoisotopic (exact) mass is 309 g/mol. The summed E-state index contributed by atoms with van der Waals surface area (Å²) < 4.78 is 1.40. The zero-order valence-electron chi connectivity index (χ0n) is 13.0. The van der Waals surface area contributed by atoms with Crippen LogP contribution in [0.15, 0.2) is 48.5 Å². The molecule has 0 atom stereocenters. The number of fused-ring (bicyclic) bond motifs is 6. The van der Waals surface area contributed by atoms with Crippen LogP contribution in [0.1, 0.15) is 22.3 Å². The molecule has 0 spiro atoms. The fourth-order valence-corrected chi connectivity index (χ4v) is 4.66. The highest BCUT2D eigenvalue weighted by Crippen LogP contribution is 2.37. The molecule has 108 valence electrons. The highest BCUT2D eigenvalue weighted by Gasteiger charge is 2.25. The largest absolute Gasteiger partial charge is 0.247 e. The van der Waals surface area contributed by atoms with E-state index in [-0.39, 0.29) is 0 Å². The number of nitrogens with zero attached hydrogens (tertiary/aromatic N) is 1. The SMILES string of the molecule is [Al][c]1c2c(nc3c1CCc1ccccc1-3)-c1ccccc1CC2. The standard InChI is InChI=1S/C21H16N.Al/c1-3-7-18-14(5-1)9-11-16-13-17-12-10-15-6-2-4-8-19(15)21(17)22-20(16)18;/h1-8H,9-12H2;. The maximum atomic E-state index is 5.18. The lowest BCUT2D eigenvalue weighted by Gasteiger charge is -2.28. The van der Waals surface area contributed by atoms with Gasteiger partial charge in [-0.05, 0) is 47.9 Å². The van der Waals surface area contributed by atoms with Crippen LogP contribution in [-0.4, -0.2) is 21.3 Å². The molecule has 2 aliphatic rings. The molecule has 0 N–H and O–H groups in total. The fourth-order valence-electron chi connectivity index (χ4n) is 4.09. The van der Waals surface area contributed by atoms with Gasteiger partial charge in [-0.15, -0.1) is 4.43 Å². The number of aromatic nitrogens is 1. The van der Waals surface area contributed by atoms with E-state index >= 15 is 0 Å². The van der Waals surface area contributed by atoms with Gasteiger partial charge in [-0.1, -0.05) is 48.5 Å². The summed E-state index contributed by atoms with van der Waals surface area (Å²) in [5.41, 5.74) is 10.8. The lowest BCUT2D eigenvalue weighted by molar-refractivity contribution is 0.900. The molecule has 0 fully saturated rings. The van der Waals surface area contributed by atoms with Gasteiger partial charge in [0.15, 0.2) is 16.3 Å². The maximum absolute atomic E-state index is 5.18. The van der Waals surface area contributed by atoms with Crippen LogP contribution >= 0.6 is 0 Å². The zero-order valence-corrected chi connectivity index (χ0v) is 14.1. The van der Waals surface area contributed by atoms with Crippen LogP contribution in [0.4, 0.5) is 0 Å². The van der Waals surface area contributed by atoms with Crippen molar-refractivity contribution in [1.29, 1.82) is 0 Å². The van der Waals surface area contributed by atoms with Crippen LogP contribution in [0.5, 0.6) is 0 Å². The Balaban J connectivity index is 1.83. The first-order valence-corrected chi connectivity index (χ1v) is 8.88. The molecule has 0 saturated carbocycles. The summed E-state index contributed by atoms with van der Waals surface area (Å²) >= 11 is 3.02. The Labute approximate surface area is 144 Å². The van der Waals surface area contributed by atoms with E-state index < -0.39 is 0 Å². The highest BCUT2D eigenvalue weighted by atomic mass is 27.0. The Hall–Kier alpha value is -1.88. The number of pyridine rings is 1. The lowest BCUT2D eigenvalue weighted by atomic mass is 9.83. The Morgan fingerprint density at radius 3 is 1.65 bits per heavy atom. The Morgan fingerprint density at radius 1 is 0.652 bits per heavy atom. The van der Waals surface area contributed by atoms with Gasteiger partial charge in [0.2, 0.25) is 0 Å². The molecule has 2 heteroatoms. The highest BCUT2D eigenvalue weighted by molar-refractivity contribution is 6.35. The lowest BCUT2D eigenvalue weighted by Crippen LogP contribution is -2.26. The third kappa shape index (κ3) is 1.96. The molecule has 0 aliphatic heterocycles. The van der Waals surface area contributed by atoms with Gasteiger partial charge in [0.05, 0.1) is 11.4 Å². The van der Waals surface area contributed by atoms with E-state index in [1.54, 1.807) is 0 Å². The van der Waals surface area contributed by atoms with Gasteiger partial charge in [0, 0.05) is 11.1 Å². The molecule has 1 heterocycles. The molecule has 0 bridgehead atoms. The van der Waals surface area contributed by atoms with E-state index in [4.69, 9.17) is 4.98 Å². The van der Waals surface area contributed by atoms with Crippen LogP contribution < -0.4 is 4.43 Å². The normalized spacial score (nSPS) is 14.4. The molecule has 0 saturated heterocycles. The van der Waals surface area contributed by atoms with Gasteiger partial charge in [0.1, 0.15) is 0 Å². The number of rotatable bonds is 0. The van der Waals surface area contributed by atoms with Crippen molar-refractivity contribution in [2.75, 3.05) is 0 Å². The third-order valence-corrected chi connectivity index (χ3v) is 5.98. The predicted octanol–water partition coefficient (Wildman–Crippen LogP) is 3.41. The number of benzene rings is 2. The minimum atomic E-state index is 1.10. The summed E-state index contributed by atoms with van der Waals surface area (Å²) in [6.45, 7) is 0. The topological polar surface area (TPSA) is 12.9 Å². The minimum Gasteiger partial charge on any atom is -0.247 e. The van der Waals surface area contributed by atoms with Crippen molar-refractivity contribution in [2.24, 2.45) is 0 Å². The molecule has 3 aromatic rings. The first-order valence-electron chi connectivity index (χ1n) is 8.30. The van der Waals surface area contributed by atoms with Crippen LogP contribution in [0.2, 0.25) is 0 Å². The average Bonchev–Trinajstić information content (AvgIpc) is 2.61. The second-order valence-electron chi connectivity index (χ2n) is 6.49. The van der Waals surface area contributed by atoms with Crippen LogP contribution in [0, 0.1) is 0 Å². The molecule has 0 unspecified atom stereocenters. The van der Waals surface area contributed by atoms with Gasteiger partial charge < -0.3 is 0 Å². The molecular formula is C21H16AlN. The van der Waals surface area contributed by atoms with Crippen LogP contribution in [0.3, 0.4) is 0 Å². The number of hydrogen-bond donors (Lipinski definition) is 0. The van der Waals surface area contributed by atoms with E-state index in [9.17, 15) is 0 Å². The summed E-state index contributed by atoms with van der Waals surface area (Å²) in [6, 6.07) is 17.5. The number of hydrogen-bond acceptors (Lipinski definition) is 1. The molecule has 0 amide bonds. The van der Waals surface area contributed by atoms with Gasteiger partial charge in [-0.25, -0.2) is 4.98 Å². The summed E-state index contributed by atoms with van der Waals surface area (Å²) in [4.78, 5) is 5.18. The number of aryl methyl sites for hydroxylation is 2. The Kier molecular flexibility index (Phi) is 2.98. The van der Waals surface area contributed by atoms with Crippen molar-refractivity contribution in [3.8, 4) is 22.5 Å². The first-order chi connectivity index (χ1) is 11.3. The smallest absolute Gasteiger partial charge is 0.176 e. The van der Waals surface area contributed by atoms with Crippen LogP contribution in [-0.2, 0) is 25.7 Å². The Morgan fingerprint density at radius 2 is 1.13 bits per heavy atom. The van der Waals surface area contributed by atoms with E-state index in [2.05, 4.69) is 64.8 Å². The van der Waals surface area contributed by atoms with Crippen molar-refractivity contribution in [1.82, 2.24) is 4.98 Å². The molecule has 2 aromatic carbocycles. The second kappa shape index (κ2) is 5.06. The third-order valence-electron chi connectivity index (χ3n) is 5.28. The fraction of sp³-hybridized carbons (Fsp3) is 0.190. The van der Waals surface area contributed by atoms with Crippen molar-refractivity contribution < 1.29 is 0 Å². The summed E-state index contributed by atoms with van der Waals surface area (Å²) in [5.74, 6) is 0. The van der Waals surface area contributed by atoms with Gasteiger partial charge in [0.25, 0.3) is 0 Å². The van der Waals surface area contributed by atoms with Gasteiger partial charge in [-0.3, -0.25) is 0 Å². The van der Waals surface area contributed by atoms with Crippen molar-refractivity contribution in [3.63, 3.8) is 0 Å². The van der Waals surface area contributed by atoms with E-state index in [1.807, 2.05) is 0 Å². The molecular weight excluding hydrogens is 293 g/mol. The molecule has 5 rings (SSSR count). The van der Waals surface area contributed by atoms with Crippen LogP contribution in [0.25, 0.3) is 22.5 Å². The van der Waals surface area contributed by atoms with E-state index in [0.717, 1.165) is 25.7 Å². The summed E-state index contributed by atoms with van der Waals surface area (Å²) in [7, 11) is 0.